The first-order valence-corrected chi connectivity index (χ1v) is 13.1. The number of rotatable bonds is 6. The Morgan fingerprint density at radius 2 is 1.86 bits per heavy atom. The van der Waals surface area contributed by atoms with Crippen LogP contribution in [0.1, 0.15) is 52.3 Å². The van der Waals surface area contributed by atoms with E-state index in [1.165, 1.54) is 42.7 Å². The summed E-state index contributed by atoms with van der Waals surface area (Å²) in [4.78, 5) is 17.6. The molecule has 2 aromatic heterocycles. The molecule has 37 heavy (non-hydrogen) atoms. The second-order valence-electron chi connectivity index (χ2n) is 8.88. The number of nitrogens with zero attached hydrogens (tertiary/aromatic N) is 3. The number of anilines is 1. The van der Waals surface area contributed by atoms with E-state index in [0.717, 1.165) is 13.3 Å². The van der Waals surface area contributed by atoms with Crippen LogP contribution in [-0.2, 0) is 21.6 Å². The lowest BCUT2D eigenvalue weighted by Crippen LogP contribution is -2.30. The minimum atomic E-state index is -4.89. The number of aryl methyl sites for hydroxylation is 1. The van der Waals surface area contributed by atoms with Gasteiger partial charge in [0, 0.05) is 16.8 Å². The van der Waals surface area contributed by atoms with Crippen molar-refractivity contribution in [3.05, 3.63) is 64.6 Å². The number of aromatic nitrogens is 3. The van der Waals surface area contributed by atoms with Crippen molar-refractivity contribution in [1.29, 1.82) is 4.78 Å². The van der Waals surface area contributed by atoms with Crippen molar-refractivity contribution in [3.8, 4) is 11.6 Å². The Morgan fingerprint density at radius 3 is 2.43 bits per heavy atom. The molecule has 1 amide bonds. The van der Waals surface area contributed by atoms with Crippen molar-refractivity contribution in [3.63, 3.8) is 0 Å². The minimum absolute atomic E-state index is 0.0658. The van der Waals surface area contributed by atoms with Crippen LogP contribution in [-0.4, -0.2) is 31.6 Å². The zero-order valence-corrected chi connectivity index (χ0v) is 20.9. The number of pyridine rings is 1. The molecule has 0 spiro atoms. The maximum Gasteiger partial charge on any atom is 0.435 e. The summed E-state index contributed by atoms with van der Waals surface area (Å²) in [6.07, 6.45) is -2.25. The topological polar surface area (TPSA) is 118 Å². The van der Waals surface area contributed by atoms with E-state index < -0.39 is 50.2 Å². The van der Waals surface area contributed by atoms with Gasteiger partial charge in [0.15, 0.2) is 17.1 Å². The number of alkyl halides is 4. The van der Waals surface area contributed by atoms with Crippen LogP contribution in [0.2, 0.25) is 0 Å². The Labute approximate surface area is 210 Å². The summed E-state index contributed by atoms with van der Waals surface area (Å²) in [5, 5.41) is 9.20. The van der Waals surface area contributed by atoms with Gasteiger partial charge in [0.2, 0.25) is 0 Å². The summed E-state index contributed by atoms with van der Waals surface area (Å²) in [5.74, 6) is -1.43. The van der Waals surface area contributed by atoms with E-state index in [9.17, 15) is 26.6 Å². The van der Waals surface area contributed by atoms with E-state index >= 15 is 0 Å². The largest absolute Gasteiger partial charge is 0.435 e. The smallest absolute Gasteiger partial charge is 0.435 e. The standard InChI is InChI=1S/C24H23F4N5O3S/c1-13-19(21(34)31-15-6-4-7-16(12-15)37(3,29)35)22(33-32-20(13)24(26,27)28)36-17-8-9-18(30-14(17)2)23(25)10-5-11-23/h4,6-9,12,29H,5,10-11H2,1-3H3,(H,31,34). The number of hydrogen-bond acceptors (Lipinski definition) is 7. The van der Waals surface area contributed by atoms with Gasteiger partial charge in [-0.1, -0.05) is 6.07 Å². The molecule has 2 N–H and O–H groups in total. The molecule has 196 valence electrons. The highest BCUT2D eigenvalue weighted by molar-refractivity contribution is 7.91. The summed E-state index contributed by atoms with van der Waals surface area (Å²) in [6.45, 7) is 2.61. The summed E-state index contributed by atoms with van der Waals surface area (Å²) in [6, 6.07) is 8.47. The first-order valence-electron chi connectivity index (χ1n) is 11.1. The molecular formula is C24H23F4N5O3S. The molecule has 1 aliphatic rings. The number of nitrogens with one attached hydrogen (secondary N) is 2. The molecule has 0 saturated heterocycles. The van der Waals surface area contributed by atoms with Gasteiger partial charge in [-0.25, -0.2) is 13.4 Å². The van der Waals surface area contributed by atoms with Crippen LogP contribution >= 0.6 is 0 Å². The lowest BCUT2D eigenvalue weighted by atomic mass is 9.79. The Morgan fingerprint density at radius 1 is 1.16 bits per heavy atom. The molecule has 1 aromatic carbocycles. The molecular weight excluding hydrogens is 514 g/mol. The molecule has 1 atom stereocenters. The minimum Gasteiger partial charge on any atom is -0.435 e. The molecule has 1 fully saturated rings. The number of benzene rings is 1. The maximum absolute atomic E-state index is 14.8. The van der Waals surface area contributed by atoms with Crippen molar-refractivity contribution in [2.24, 2.45) is 0 Å². The van der Waals surface area contributed by atoms with Gasteiger partial charge in [0.05, 0.1) is 21.1 Å². The monoisotopic (exact) mass is 537 g/mol. The van der Waals surface area contributed by atoms with E-state index in [0.29, 0.717) is 12.8 Å². The molecule has 0 bridgehead atoms. The van der Waals surface area contributed by atoms with Crippen molar-refractivity contribution < 1.29 is 31.3 Å². The van der Waals surface area contributed by atoms with Gasteiger partial charge in [0.1, 0.15) is 5.56 Å². The summed E-state index contributed by atoms with van der Waals surface area (Å²) in [5.41, 5.74) is -3.34. The van der Waals surface area contributed by atoms with Gasteiger partial charge < -0.3 is 10.1 Å². The number of carbonyl (C=O) groups is 1. The molecule has 13 heteroatoms. The van der Waals surface area contributed by atoms with Crippen molar-refractivity contribution in [2.75, 3.05) is 11.6 Å². The number of ether oxygens (including phenoxy) is 1. The summed E-state index contributed by atoms with van der Waals surface area (Å²) < 4.78 is 80.9. The van der Waals surface area contributed by atoms with E-state index in [2.05, 4.69) is 20.5 Å². The molecule has 0 aliphatic heterocycles. The van der Waals surface area contributed by atoms with E-state index in [-0.39, 0.29) is 27.7 Å². The van der Waals surface area contributed by atoms with Gasteiger partial charge in [-0.3, -0.25) is 9.78 Å². The summed E-state index contributed by atoms with van der Waals surface area (Å²) >= 11 is 0. The Balaban J connectivity index is 1.73. The Kier molecular flexibility index (Phi) is 6.69. The molecule has 3 aromatic rings. The van der Waals surface area contributed by atoms with Gasteiger partial charge in [-0.05, 0) is 69.0 Å². The van der Waals surface area contributed by atoms with Crippen LogP contribution in [0.15, 0.2) is 41.3 Å². The number of amides is 1. The molecule has 1 unspecified atom stereocenters. The SMILES string of the molecule is Cc1nc(C2(F)CCC2)ccc1Oc1nnc(C(F)(F)F)c(C)c1C(=O)Nc1cccc(S(C)(=N)=O)c1. The van der Waals surface area contributed by atoms with Crippen LogP contribution < -0.4 is 10.1 Å². The maximum atomic E-state index is 14.8. The molecule has 0 radical (unpaired) electrons. The lowest BCUT2D eigenvalue weighted by molar-refractivity contribution is -0.142. The zero-order valence-electron chi connectivity index (χ0n) is 20.1. The third-order valence-electron chi connectivity index (χ3n) is 6.07. The molecule has 8 nitrogen and oxygen atoms in total. The second-order valence-corrected chi connectivity index (χ2v) is 11.0. The highest BCUT2D eigenvalue weighted by atomic mass is 32.2. The quantitative estimate of drug-likeness (QED) is 0.376. The average Bonchev–Trinajstić information content (AvgIpc) is 2.77. The molecule has 1 saturated carbocycles. The number of hydrogen-bond donors (Lipinski definition) is 2. The van der Waals surface area contributed by atoms with Crippen molar-refractivity contribution >= 4 is 21.3 Å². The summed E-state index contributed by atoms with van der Waals surface area (Å²) in [7, 11) is -3.11. The van der Waals surface area contributed by atoms with Gasteiger partial charge >= 0.3 is 6.18 Å². The third kappa shape index (κ3) is 5.41. The van der Waals surface area contributed by atoms with Gasteiger partial charge in [0.25, 0.3) is 11.8 Å². The average molecular weight is 538 g/mol. The van der Waals surface area contributed by atoms with Crippen molar-refractivity contribution in [2.45, 2.75) is 49.9 Å². The third-order valence-corrected chi connectivity index (χ3v) is 7.22. The van der Waals surface area contributed by atoms with Crippen LogP contribution in [0.3, 0.4) is 0 Å². The van der Waals surface area contributed by atoms with Crippen LogP contribution in [0.4, 0.5) is 23.2 Å². The van der Waals surface area contributed by atoms with Crippen LogP contribution in [0.5, 0.6) is 11.6 Å². The van der Waals surface area contributed by atoms with E-state index in [1.54, 1.807) is 6.92 Å². The highest BCUT2D eigenvalue weighted by Crippen LogP contribution is 2.45. The Hall–Kier alpha value is -3.61. The fourth-order valence-corrected chi connectivity index (χ4v) is 4.56. The normalized spacial score (nSPS) is 16.4. The van der Waals surface area contributed by atoms with E-state index in [4.69, 9.17) is 9.52 Å². The zero-order chi connectivity index (χ0) is 27.2. The lowest BCUT2D eigenvalue weighted by Gasteiger charge is -2.33. The highest BCUT2D eigenvalue weighted by Gasteiger charge is 2.41. The predicted octanol–water partition coefficient (Wildman–Crippen LogP) is 5.94. The first-order chi connectivity index (χ1) is 17.2. The Bertz CT molecular complexity index is 1490. The van der Waals surface area contributed by atoms with Crippen molar-refractivity contribution in [1.82, 2.24) is 15.2 Å². The van der Waals surface area contributed by atoms with Crippen LogP contribution in [0.25, 0.3) is 0 Å². The molecule has 2 heterocycles. The molecule has 1 aliphatic carbocycles. The van der Waals surface area contributed by atoms with Gasteiger partial charge in [-0.15, -0.1) is 10.2 Å². The van der Waals surface area contributed by atoms with Crippen LogP contribution in [0, 0.1) is 18.6 Å². The van der Waals surface area contributed by atoms with Gasteiger partial charge in [-0.2, -0.15) is 13.2 Å². The fraction of sp³-hybridized carbons (Fsp3) is 0.333. The molecule has 4 rings (SSSR count). The number of carbonyl (C=O) groups excluding carboxylic acids is 1. The van der Waals surface area contributed by atoms with E-state index in [1.807, 2.05) is 0 Å². The number of halogens is 4. The first kappa shape index (κ1) is 26.5. The second kappa shape index (κ2) is 9.36. The fourth-order valence-electron chi connectivity index (χ4n) is 3.87. The predicted molar refractivity (Wildman–Crippen MR) is 127 cm³/mol.